The van der Waals surface area contributed by atoms with E-state index in [0.29, 0.717) is 0 Å². The van der Waals surface area contributed by atoms with Gasteiger partial charge >= 0.3 is 0 Å². The van der Waals surface area contributed by atoms with E-state index in [1.54, 1.807) is 0 Å². The van der Waals surface area contributed by atoms with Crippen molar-refractivity contribution in [3.63, 3.8) is 0 Å². The summed E-state index contributed by atoms with van der Waals surface area (Å²) in [7, 11) is 1.27. The van der Waals surface area contributed by atoms with Gasteiger partial charge in [0.05, 0.1) is 20.3 Å². The first-order chi connectivity index (χ1) is 21.4. The molecule has 0 bridgehead atoms. The second-order valence-corrected chi connectivity index (χ2v) is 10.4. The molecule has 3 heterocycles. The van der Waals surface area contributed by atoms with Crippen molar-refractivity contribution >= 4 is 11.0 Å². The Labute approximate surface area is 252 Å². The molecule has 1 aromatic heterocycles. The highest BCUT2D eigenvalue weighted by atomic mass is 16.7. The molecule has 2 aromatic carbocycles. The predicted molar refractivity (Wildman–Crippen MR) is 147 cm³/mol. The summed E-state index contributed by atoms with van der Waals surface area (Å²) in [5.74, 6) is -2.30. The van der Waals surface area contributed by atoms with E-state index in [0.717, 1.165) is 12.1 Å². The van der Waals surface area contributed by atoms with Crippen LogP contribution in [0.4, 0.5) is 0 Å². The zero-order valence-electron chi connectivity index (χ0n) is 23.4. The van der Waals surface area contributed by atoms with Crippen molar-refractivity contribution in [2.24, 2.45) is 0 Å². The number of phenols is 2. The summed E-state index contributed by atoms with van der Waals surface area (Å²) in [5.41, 5.74) is -1.27. The van der Waals surface area contributed by atoms with Gasteiger partial charge < -0.3 is 79.2 Å². The van der Waals surface area contributed by atoms with Crippen LogP contribution in [-0.4, -0.2) is 133 Å². The quantitative estimate of drug-likeness (QED) is 0.119. The average molecular weight is 641 g/mol. The topological polar surface area (TPSA) is 279 Å². The van der Waals surface area contributed by atoms with Gasteiger partial charge in [0, 0.05) is 17.7 Å². The fourth-order valence-corrected chi connectivity index (χ4v) is 5.02. The van der Waals surface area contributed by atoms with E-state index in [9.17, 15) is 55.9 Å². The first-order valence-corrected chi connectivity index (χ1v) is 13.6. The standard InChI is InChI=1S/C28H32O17/c1-40-13-4-9(2-3-11(13)31)25-26(45-28-24(39)22(37)19(34)16(8-30)44-28)20(35)17-12(32)5-10(6-14(17)42-25)41-27-23(38)21(36)18(33)15(7-29)43-27/h2-6,15-16,18-19,21-24,27-34,36-39H,7-8H2,1H3/t15?,16?,18-,19-,21+,22?,23?,24?,27-,28-/m1/s1. The number of hydrogen-bond donors (Lipinski definition) is 10. The number of aliphatic hydroxyl groups is 8. The van der Waals surface area contributed by atoms with E-state index < -0.39 is 96.9 Å². The van der Waals surface area contributed by atoms with Crippen LogP contribution in [0.1, 0.15) is 0 Å². The zero-order valence-corrected chi connectivity index (χ0v) is 23.4. The normalized spacial score (nSPS) is 31.9. The molecular formula is C28H32O17. The zero-order chi connectivity index (χ0) is 32.7. The van der Waals surface area contributed by atoms with Crippen LogP contribution < -0.4 is 19.6 Å². The van der Waals surface area contributed by atoms with Crippen LogP contribution in [0, 0.1) is 0 Å². The highest BCUT2D eigenvalue weighted by molar-refractivity contribution is 5.88. The van der Waals surface area contributed by atoms with Crippen LogP contribution in [0.2, 0.25) is 0 Å². The molecule has 5 rings (SSSR count). The second-order valence-electron chi connectivity index (χ2n) is 10.4. The minimum atomic E-state index is -1.91. The lowest BCUT2D eigenvalue weighted by molar-refractivity contribution is -0.277. The van der Waals surface area contributed by atoms with E-state index >= 15 is 0 Å². The minimum Gasteiger partial charge on any atom is -0.507 e. The van der Waals surface area contributed by atoms with Gasteiger partial charge in [-0.2, -0.15) is 0 Å². The molecule has 3 aromatic rings. The summed E-state index contributed by atoms with van der Waals surface area (Å²) < 4.78 is 33.1. The van der Waals surface area contributed by atoms with E-state index in [4.69, 9.17) is 28.1 Å². The third-order valence-corrected chi connectivity index (χ3v) is 7.53. The van der Waals surface area contributed by atoms with Crippen LogP contribution in [0.3, 0.4) is 0 Å². The summed E-state index contributed by atoms with van der Waals surface area (Å²) in [6.45, 7) is -1.50. The van der Waals surface area contributed by atoms with Gasteiger partial charge in [0.1, 0.15) is 71.3 Å². The van der Waals surface area contributed by atoms with Gasteiger partial charge in [-0.1, -0.05) is 0 Å². The van der Waals surface area contributed by atoms with Gasteiger partial charge in [-0.3, -0.25) is 4.79 Å². The Kier molecular flexibility index (Phi) is 9.38. The molecule has 17 heteroatoms. The maximum atomic E-state index is 13.8. The SMILES string of the molecule is COc1cc(-c2oc3cc(O[C@@H]4OC(CO)[C@@H](O)[C@H](O)C4O)cc(O)c3c(=O)c2O[C@H]2OC(CO)[C@@H](O)C(O)C2O)ccc1O. The Morgan fingerprint density at radius 1 is 0.733 bits per heavy atom. The number of fused-ring (bicyclic) bond motifs is 1. The predicted octanol–water partition coefficient (Wildman–Crippen LogP) is -2.76. The molecule has 2 fully saturated rings. The lowest BCUT2D eigenvalue weighted by atomic mass is 9.99. The molecule has 17 nitrogen and oxygen atoms in total. The van der Waals surface area contributed by atoms with Crippen molar-refractivity contribution in [1.29, 1.82) is 0 Å². The molecule has 0 amide bonds. The van der Waals surface area contributed by atoms with Crippen LogP contribution in [-0.2, 0) is 9.47 Å². The molecular weight excluding hydrogens is 608 g/mol. The molecule has 246 valence electrons. The lowest BCUT2D eigenvalue weighted by Crippen LogP contribution is -2.60. The maximum Gasteiger partial charge on any atom is 0.239 e. The maximum absolute atomic E-state index is 13.8. The fraction of sp³-hybridized carbons (Fsp3) is 0.464. The number of hydrogen-bond acceptors (Lipinski definition) is 17. The monoisotopic (exact) mass is 640 g/mol. The Morgan fingerprint density at radius 3 is 1.87 bits per heavy atom. The number of phenolic OH excluding ortho intramolecular Hbond substituents is 2. The molecule has 45 heavy (non-hydrogen) atoms. The third kappa shape index (κ3) is 5.98. The molecule has 5 unspecified atom stereocenters. The van der Waals surface area contributed by atoms with Crippen molar-refractivity contribution in [2.75, 3.05) is 20.3 Å². The number of methoxy groups -OCH3 is 1. The van der Waals surface area contributed by atoms with Gasteiger partial charge in [0.15, 0.2) is 17.3 Å². The number of rotatable bonds is 8. The third-order valence-electron chi connectivity index (χ3n) is 7.53. The van der Waals surface area contributed by atoms with Crippen LogP contribution in [0.25, 0.3) is 22.3 Å². The van der Waals surface area contributed by atoms with Gasteiger partial charge in [-0.05, 0) is 18.2 Å². The molecule has 2 aliphatic rings. The smallest absolute Gasteiger partial charge is 0.239 e. The molecule has 2 aliphatic heterocycles. The van der Waals surface area contributed by atoms with Crippen molar-refractivity contribution in [3.8, 4) is 40.1 Å². The number of ether oxygens (including phenoxy) is 5. The van der Waals surface area contributed by atoms with Crippen LogP contribution in [0.5, 0.6) is 28.7 Å². The molecule has 10 N–H and O–H groups in total. The summed E-state index contributed by atoms with van der Waals surface area (Å²) in [6, 6.07) is 5.87. The first-order valence-electron chi connectivity index (χ1n) is 13.6. The number of aliphatic hydroxyl groups excluding tert-OH is 8. The Hall–Kier alpha value is -3.75. The van der Waals surface area contributed by atoms with Crippen molar-refractivity contribution in [3.05, 3.63) is 40.6 Å². The van der Waals surface area contributed by atoms with Gasteiger partial charge in [0.25, 0.3) is 0 Å². The fourth-order valence-electron chi connectivity index (χ4n) is 5.02. The second kappa shape index (κ2) is 12.9. The average Bonchev–Trinajstić information content (AvgIpc) is 3.02. The molecule has 0 saturated carbocycles. The van der Waals surface area contributed by atoms with Gasteiger partial charge in [-0.25, -0.2) is 0 Å². The molecule has 0 radical (unpaired) electrons. The van der Waals surface area contributed by atoms with Crippen molar-refractivity contribution < 1.29 is 79.2 Å². The first kappa shape index (κ1) is 32.6. The summed E-state index contributed by atoms with van der Waals surface area (Å²) in [5, 5.41) is 101. The molecule has 0 spiro atoms. The minimum absolute atomic E-state index is 0.0448. The van der Waals surface area contributed by atoms with Crippen molar-refractivity contribution in [1.82, 2.24) is 0 Å². The number of benzene rings is 2. The van der Waals surface area contributed by atoms with E-state index in [1.807, 2.05) is 0 Å². The van der Waals surface area contributed by atoms with Crippen molar-refractivity contribution in [2.45, 2.75) is 61.4 Å². The van der Waals surface area contributed by atoms with Crippen LogP contribution >= 0.6 is 0 Å². The summed E-state index contributed by atoms with van der Waals surface area (Å²) in [6.07, 6.45) is -16.8. The Balaban J connectivity index is 1.61. The molecule has 10 atom stereocenters. The molecule has 2 saturated heterocycles. The summed E-state index contributed by atoms with van der Waals surface area (Å²) >= 11 is 0. The van der Waals surface area contributed by atoms with Crippen LogP contribution in [0.15, 0.2) is 39.5 Å². The van der Waals surface area contributed by atoms with Gasteiger partial charge in [0.2, 0.25) is 23.8 Å². The molecule has 0 aliphatic carbocycles. The van der Waals surface area contributed by atoms with E-state index in [1.165, 1.54) is 25.3 Å². The Morgan fingerprint density at radius 2 is 1.31 bits per heavy atom. The highest BCUT2D eigenvalue weighted by Crippen LogP contribution is 2.40. The summed E-state index contributed by atoms with van der Waals surface area (Å²) in [4.78, 5) is 13.8. The lowest BCUT2D eigenvalue weighted by Gasteiger charge is -2.39. The van der Waals surface area contributed by atoms with E-state index in [-0.39, 0.29) is 34.2 Å². The Bertz CT molecular complexity index is 1570. The van der Waals surface area contributed by atoms with Gasteiger partial charge in [-0.15, -0.1) is 0 Å². The highest BCUT2D eigenvalue weighted by Gasteiger charge is 2.46. The largest absolute Gasteiger partial charge is 0.507 e. The van der Waals surface area contributed by atoms with E-state index in [2.05, 4.69) is 0 Å². The number of aromatic hydroxyl groups is 2.